The molecule has 1 heterocycles. The van der Waals surface area contributed by atoms with Crippen LogP contribution in [0.5, 0.6) is 11.5 Å². The average Bonchev–Trinajstić information content (AvgIpc) is 2.64. The van der Waals surface area contributed by atoms with Gasteiger partial charge in [0.25, 0.3) is 5.91 Å². The zero-order valence-corrected chi connectivity index (χ0v) is 8.63. The van der Waals surface area contributed by atoms with Crippen molar-refractivity contribution in [2.75, 3.05) is 13.1 Å². The van der Waals surface area contributed by atoms with Crippen LogP contribution in [0.25, 0.3) is 0 Å². The number of rotatable bonds is 1. The van der Waals surface area contributed by atoms with E-state index in [1.165, 1.54) is 23.1 Å². The fraction of sp³-hybridized carbons (Fsp3) is 0.364. The van der Waals surface area contributed by atoms with Crippen molar-refractivity contribution >= 4 is 5.91 Å². The molecule has 1 aromatic rings. The van der Waals surface area contributed by atoms with E-state index in [2.05, 4.69) is 0 Å². The topological polar surface area (TPSA) is 81.0 Å². The smallest absolute Gasteiger partial charge is 0.261 e. The number of phenols is 2. The maximum absolute atomic E-state index is 11.9. The summed E-state index contributed by atoms with van der Waals surface area (Å²) in [6.07, 6.45) is 0.0112. The SMILES string of the molecule is O=C(c1c(O)cccc1O)N1CC[C@H](O)C1. The monoisotopic (exact) mass is 223 g/mol. The van der Waals surface area contributed by atoms with E-state index in [1.54, 1.807) is 0 Å². The molecular formula is C11H13NO4. The first kappa shape index (κ1) is 10.8. The van der Waals surface area contributed by atoms with E-state index in [0.717, 1.165) is 0 Å². The van der Waals surface area contributed by atoms with Gasteiger partial charge in [0.15, 0.2) is 0 Å². The fourth-order valence-corrected chi connectivity index (χ4v) is 1.83. The van der Waals surface area contributed by atoms with Crippen LogP contribution in [-0.4, -0.2) is 45.3 Å². The molecule has 16 heavy (non-hydrogen) atoms. The number of hydrogen-bond acceptors (Lipinski definition) is 4. The van der Waals surface area contributed by atoms with E-state index in [1.807, 2.05) is 0 Å². The van der Waals surface area contributed by atoms with Crippen LogP contribution < -0.4 is 0 Å². The van der Waals surface area contributed by atoms with Crippen molar-refractivity contribution in [2.24, 2.45) is 0 Å². The zero-order chi connectivity index (χ0) is 11.7. The average molecular weight is 223 g/mol. The summed E-state index contributed by atoms with van der Waals surface area (Å²) in [7, 11) is 0. The number of hydrogen-bond donors (Lipinski definition) is 3. The second-order valence-corrected chi connectivity index (χ2v) is 3.86. The standard InChI is InChI=1S/C11H13NO4/c13-7-4-5-12(6-7)11(16)10-8(14)2-1-3-9(10)15/h1-3,7,13-15H,4-6H2/t7-/m0/s1. The number of amides is 1. The maximum atomic E-state index is 11.9. The minimum absolute atomic E-state index is 0.100. The summed E-state index contributed by atoms with van der Waals surface area (Å²) in [5.74, 6) is -0.940. The highest BCUT2D eigenvalue weighted by Crippen LogP contribution is 2.28. The van der Waals surface area contributed by atoms with Crippen molar-refractivity contribution < 1.29 is 20.1 Å². The molecule has 3 N–H and O–H groups in total. The van der Waals surface area contributed by atoms with Gasteiger partial charge in [0, 0.05) is 13.1 Å². The Bertz CT molecular complexity index is 398. The second-order valence-electron chi connectivity index (χ2n) is 3.86. The minimum Gasteiger partial charge on any atom is -0.507 e. The molecule has 0 radical (unpaired) electrons. The third-order valence-corrected chi connectivity index (χ3v) is 2.68. The van der Waals surface area contributed by atoms with Gasteiger partial charge in [-0.05, 0) is 18.6 Å². The Morgan fingerprint density at radius 2 is 1.94 bits per heavy atom. The van der Waals surface area contributed by atoms with Crippen molar-refractivity contribution in [1.29, 1.82) is 0 Å². The van der Waals surface area contributed by atoms with Gasteiger partial charge in [0.1, 0.15) is 17.1 Å². The quantitative estimate of drug-likeness (QED) is 0.639. The van der Waals surface area contributed by atoms with Gasteiger partial charge in [0.2, 0.25) is 0 Å². The van der Waals surface area contributed by atoms with Crippen LogP contribution in [0.4, 0.5) is 0 Å². The van der Waals surface area contributed by atoms with Crippen LogP contribution in [0.3, 0.4) is 0 Å². The summed E-state index contributed by atoms with van der Waals surface area (Å²) >= 11 is 0. The molecule has 0 aromatic heterocycles. The number of benzene rings is 1. The summed E-state index contributed by atoms with van der Waals surface area (Å²) in [6.45, 7) is 0.681. The molecule has 86 valence electrons. The van der Waals surface area contributed by atoms with Crippen LogP contribution in [0.1, 0.15) is 16.8 Å². The van der Waals surface area contributed by atoms with Crippen LogP contribution in [0.15, 0.2) is 18.2 Å². The van der Waals surface area contributed by atoms with E-state index in [4.69, 9.17) is 0 Å². The zero-order valence-electron chi connectivity index (χ0n) is 8.63. The Balaban J connectivity index is 2.27. The molecule has 0 bridgehead atoms. The number of β-amino-alcohol motifs (C(OH)–C–C–N with tert-alkyl or cyclic N) is 1. The van der Waals surface area contributed by atoms with Crippen molar-refractivity contribution in [1.82, 2.24) is 4.90 Å². The summed E-state index contributed by atoms with van der Waals surface area (Å²) in [4.78, 5) is 13.3. The molecule has 2 rings (SSSR count). The number of aliphatic hydroxyl groups excluding tert-OH is 1. The van der Waals surface area contributed by atoms with Crippen LogP contribution in [-0.2, 0) is 0 Å². The molecule has 5 nitrogen and oxygen atoms in total. The maximum Gasteiger partial charge on any atom is 0.261 e. The van der Waals surface area contributed by atoms with E-state index >= 15 is 0 Å². The van der Waals surface area contributed by atoms with Crippen LogP contribution in [0, 0.1) is 0 Å². The first-order valence-electron chi connectivity index (χ1n) is 5.08. The van der Waals surface area contributed by atoms with Gasteiger partial charge in [-0.3, -0.25) is 4.79 Å². The third kappa shape index (κ3) is 1.81. The highest BCUT2D eigenvalue weighted by Gasteiger charge is 2.28. The number of nitrogens with zero attached hydrogens (tertiary/aromatic N) is 1. The van der Waals surface area contributed by atoms with Crippen LogP contribution >= 0.6 is 0 Å². The van der Waals surface area contributed by atoms with Crippen molar-refractivity contribution in [3.8, 4) is 11.5 Å². The number of likely N-dealkylation sites (tertiary alicyclic amines) is 1. The highest BCUT2D eigenvalue weighted by molar-refractivity contribution is 5.99. The van der Waals surface area contributed by atoms with Gasteiger partial charge in [0.05, 0.1) is 6.10 Å². The summed E-state index contributed by atoms with van der Waals surface area (Å²) < 4.78 is 0. The van der Waals surface area contributed by atoms with Gasteiger partial charge in [-0.1, -0.05) is 6.07 Å². The minimum atomic E-state index is -0.517. The fourth-order valence-electron chi connectivity index (χ4n) is 1.83. The molecule has 1 atom stereocenters. The molecule has 0 aliphatic carbocycles. The molecule has 1 fully saturated rings. The molecule has 5 heteroatoms. The van der Waals surface area contributed by atoms with Crippen molar-refractivity contribution in [3.05, 3.63) is 23.8 Å². The lowest BCUT2D eigenvalue weighted by atomic mass is 10.1. The number of carbonyl (C=O) groups excluding carboxylic acids is 1. The largest absolute Gasteiger partial charge is 0.507 e. The van der Waals surface area contributed by atoms with Crippen molar-refractivity contribution in [3.63, 3.8) is 0 Å². The highest BCUT2D eigenvalue weighted by atomic mass is 16.3. The van der Waals surface area contributed by atoms with Crippen molar-refractivity contribution in [2.45, 2.75) is 12.5 Å². The van der Waals surface area contributed by atoms with Gasteiger partial charge in [-0.15, -0.1) is 0 Å². The third-order valence-electron chi connectivity index (χ3n) is 2.68. The van der Waals surface area contributed by atoms with Gasteiger partial charge < -0.3 is 20.2 Å². The molecule has 0 spiro atoms. The Kier molecular flexibility index (Phi) is 2.70. The van der Waals surface area contributed by atoms with E-state index in [0.29, 0.717) is 13.0 Å². The number of aromatic hydroxyl groups is 2. The lowest BCUT2D eigenvalue weighted by Crippen LogP contribution is -2.29. The lowest BCUT2D eigenvalue weighted by molar-refractivity contribution is 0.0759. The summed E-state index contributed by atoms with van der Waals surface area (Å²) in [6, 6.07) is 4.15. The van der Waals surface area contributed by atoms with Gasteiger partial charge in [-0.2, -0.15) is 0 Å². The Morgan fingerprint density at radius 1 is 1.31 bits per heavy atom. The number of carbonyl (C=O) groups is 1. The van der Waals surface area contributed by atoms with Crippen LogP contribution in [0.2, 0.25) is 0 Å². The molecule has 1 amide bonds. The summed E-state index contributed by atoms with van der Waals surface area (Å²) in [5.41, 5.74) is -0.100. The first-order valence-corrected chi connectivity index (χ1v) is 5.08. The van der Waals surface area contributed by atoms with Gasteiger partial charge in [-0.25, -0.2) is 0 Å². The predicted molar refractivity (Wildman–Crippen MR) is 56.3 cm³/mol. The Morgan fingerprint density at radius 3 is 2.44 bits per heavy atom. The first-order chi connectivity index (χ1) is 7.59. The Hall–Kier alpha value is -1.75. The predicted octanol–water partition coefficient (Wildman–Crippen LogP) is 0.305. The molecular weight excluding hydrogens is 210 g/mol. The van der Waals surface area contributed by atoms with Gasteiger partial charge >= 0.3 is 0 Å². The van der Waals surface area contributed by atoms with E-state index < -0.39 is 12.0 Å². The molecule has 1 saturated heterocycles. The summed E-state index contributed by atoms with van der Waals surface area (Å²) in [5, 5.41) is 28.4. The van der Waals surface area contributed by atoms with E-state index in [9.17, 15) is 20.1 Å². The van der Waals surface area contributed by atoms with E-state index in [-0.39, 0.29) is 23.6 Å². The Labute approximate surface area is 92.6 Å². The lowest BCUT2D eigenvalue weighted by Gasteiger charge is -2.16. The normalized spacial score (nSPS) is 20.1. The molecule has 1 aliphatic rings. The molecule has 1 aromatic carbocycles. The number of phenolic OH excluding ortho intramolecular Hbond substituents is 2. The molecule has 0 unspecified atom stereocenters. The number of aliphatic hydroxyl groups is 1. The molecule has 1 aliphatic heterocycles. The molecule has 0 saturated carbocycles. The second kappa shape index (κ2) is 4.02.